The molecule has 1 aromatic rings. The molecule has 0 radical (unpaired) electrons. The number of thiophene rings is 1. The van der Waals surface area contributed by atoms with E-state index in [0.29, 0.717) is 18.1 Å². The van der Waals surface area contributed by atoms with Crippen molar-refractivity contribution in [1.82, 2.24) is 4.72 Å². The van der Waals surface area contributed by atoms with Crippen LogP contribution in [-0.2, 0) is 14.8 Å². The van der Waals surface area contributed by atoms with E-state index in [-0.39, 0.29) is 22.9 Å². The molecule has 0 fully saturated rings. The lowest BCUT2D eigenvalue weighted by atomic mass is 10.2. The van der Waals surface area contributed by atoms with E-state index in [1.165, 1.54) is 5.38 Å². The van der Waals surface area contributed by atoms with Crippen LogP contribution in [0.5, 0.6) is 0 Å². The molecular formula is C12H19NO5S2. The monoisotopic (exact) mass is 321 g/mol. The number of aromatic carboxylic acids is 1. The molecule has 0 bridgehead atoms. The van der Waals surface area contributed by atoms with Crippen LogP contribution >= 0.6 is 11.3 Å². The maximum absolute atomic E-state index is 12.1. The van der Waals surface area contributed by atoms with E-state index in [9.17, 15) is 13.2 Å². The first-order valence-corrected chi connectivity index (χ1v) is 8.50. The predicted molar refractivity (Wildman–Crippen MR) is 76.9 cm³/mol. The lowest BCUT2D eigenvalue weighted by Crippen LogP contribution is -2.29. The van der Waals surface area contributed by atoms with E-state index in [1.54, 1.807) is 6.92 Å². The molecule has 0 spiro atoms. The summed E-state index contributed by atoms with van der Waals surface area (Å²) in [5.74, 6) is -0.858. The van der Waals surface area contributed by atoms with Crippen LogP contribution in [0, 0.1) is 12.8 Å². The molecule has 8 heteroatoms. The zero-order chi connectivity index (χ0) is 15.3. The van der Waals surface area contributed by atoms with Gasteiger partial charge in [-0.25, -0.2) is 17.9 Å². The van der Waals surface area contributed by atoms with Gasteiger partial charge >= 0.3 is 5.97 Å². The number of ether oxygens (including phenoxy) is 1. The Labute approximate surface area is 122 Å². The van der Waals surface area contributed by atoms with Gasteiger partial charge in [-0.15, -0.1) is 11.3 Å². The van der Waals surface area contributed by atoms with Gasteiger partial charge in [-0.1, -0.05) is 13.8 Å². The lowest BCUT2D eigenvalue weighted by Gasteiger charge is -2.09. The second kappa shape index (κ2) is 7.16. The molecule has 0 saturated heterocycles. The Hall–Kier alpha value is -0.960. The SMILES string of the molecule is Cc1csc(C(=O)O)c1S(=O)(=O)NCCOCC(C)C. The fraction of sp³-hybridized carbons (Fsp3) is 0.583. The number of rotatable bonds is 8. The molecule has 0 aliphatic rings. The summed E-state index contributed by atoms with van der Waals surface area (Å²) >= 11 is 0.909. The highest BCUT2D eigenvalue weighted by atomic mass is 32.2. The Bertz CT molecular complexity index is 562. The molecule has 0 aromatic carbocycles. The summed E-state index contributed by atoms with van der Waals surface area (Å²) in [4.78, 5) is 10.7. The second-order valence-corrected chi connectivity index (χ2v) is 7.33. The van der Waals surface area contributed by atoms with Gasteiger partial charge in [0.15, 0.2) is 0 Å². The van der Waals surface area contributed by atoms with E-state index < -0.39 is 16.0 Å². The van der Waals surface area contributed by atoms with E-state index in [1.807, 2.05) is 13.8 Å². The van der Waals surface area contributed by atoms with E-state index in [4.69, 9.17) is 9.84 Å². The standard InChI is InChI=1S/C12H19NO5S2/c1-8(2)6-18-5-4-13-20(16,17)11-9(3)7-19-10(11)12(14)15/h7-8,13H,4-6H2,1-3H3,(H,14,15). The van der Waals surface area contributed by atoms with E-state index >= 15 is 0 Å². The number of aryl methyl sites for hydroxylation is 1. The highest BCUT2D eigenvalue weighted by Gasteiger charge is 2.26. The molecule has 0 aliphatic carbocycles. The van der Waals surface area contributed by atoms with Crippen molar-refractivity contribution >= 4 is 27.3 Å². The molecule has 1 rings (SSSR count). The van der Waals surface area contributed by atoms with Crippen molar-refractivity contribution in [1.29, 1.82) is 0 Å². The third-order valence-electron chi connectivity index (χ3n) is 2.37. The van der Waals surface area contributed by atoms with Crippen molar-refractivity contribution in [3.63, 3.8) is 0 Å². The first-order valence-electron chi connectivity index (χ1n) is 6.14. The Morgan fingerprint density at radius 2 is 2.15 bits per heavy atom. The normalized spacial score (nSPS) is 12.0. The number of hydrogen-bond acceptors (Lipinski definition) is 5. The van der Waals surface area contributed by atoms with E-state index in [2.05, 4.69) is 4.72 Å². The quantitative estimate of drug-likeness (QED) is 0.711. The molecule has 0 amide bonds. The van der Waals surface area contributed by atoms with Crippen LogP contribution in [0.15, 0.2) is 10.3 Å². The summed E-state index contributed by atoms with van der Waals surface area (Å²) in [6, 6.07) is 0. The van der Waals surface area contributed by atoms with Crippen LogP contribution in [-0.4, -0.2) is 39.3 Å². The van der Waals surface area contributed by atoms with Gasteiger partial charge in [0.1, 0.15) is 9.77 Å². The third-order valence-corrected chi connectivity index (χ3v) is 5.23. The van der Waals surface area contributed by atoms with Crippen molar-refractivity contribution < 1.29 is 23.1 Å². The van der Waals surface area contributed by atoms with Crippen molar-refractivity contribution in [2.75, 3.05) is 19.8 Å². The van der Waals surface area contributed by atoms with Crippen molar-refractivity contribution in [3.05, 3.63) is 15.8 Å². The minimum atomic E-state index is -3.82. The molecule has 1 aromatic heterocycles. The summed E-state index contributed by atoms with van der Waals surface area (Å²) in [5.41, 5.74) is 0.433. The fourth-order valence-corrected chi connectivity index (χ4v) is 4.19. The number of nitrogens with one attached hydrogen (secondary N) is 1. The average molecular weight is 321 g/mol. The Kier molecular flexibility index (Phi) is 6.12. The van der Waals surface area contributed by atoms with Crippen LogP contribution in [0.4, 0.5) is 0 Å². The molecule has 0 unspecified atom stereocenters. The summed E-state index contributed by atoms with van der Waals surface area (Å²) in [7, 11) is -3.82. The van der Waals surface area contributed by atoms with Crippen LogP contribution in [0.3, 0.4) is 0 Å². The lowest BCUT2D eigenvalue weighted by molar-refractivity contribution is 0.0698. The largest absolute Gasteiger partial charge is 0.477 e. The number of hydrogen-bond donors (Lipinski definition) is 2. The third kappa shape index (κ3) is 4.55. The smallest absolute Gasteiger partial charge is 0.347 e. The molecule has 0 atom stereocenters. The molecular weight excluding hydrogens is 302 g/mol. The Balaban J connectivity index is 2.70. The van der Waals surface area contributed by atoms with Gasteiger partial charge in [-0.2, -0.15) is 0 Å². The molecule has 20 heavy (non-hydrogen) atoms. The summed E-state index contributed by atoms with van der Waals surface area (Å²) < 4.78 is 31.9. The van der Waals surface area contributed by atoms with Crippen molar-refractivity contribution in [3.8, 4) is 0 Å². The molecule has 114 valence electrons. The van der Waals surface area contributed by atoms with Crippen LogP contribution < -0.4 is 4.72 Å². The van der Waals surface area contributed by atoms with Crippen LogP contribution in [0.2, 0.25) is 0 Å². The zero-order valence-corrected chi connectivity index (χ0v) is 13.3. The summed E-state index contributed by atoms with van der Waals surface area (Å²) in [6.07, 6.45) is 0. The van der Waals surface area contributed by atoms with Gasteiger partial charge in [-0.3, -0.25) is 0 Å². The molecule has 0 saturated carbocycles. The fourth-order valence-electron chi connectivity index (χ4n) is 1.55. The number of carboxylic acids is 1. The highest BCUT2D eigenvalue weighted by molar-refractivity contribution is 7.89. The van der Waals surface area contributed by atoms with Gasteiger partial charge < -0.3 is 9.84 Å². The Morgan fingerprint density at radius 1 is 1.50 bits per heavy atom. The van der Waals surface area contributed by atoms with Gasteiger partial charge in [0.2, 0.25) is 10.0 Å². The van der Waals surface area contributed by atoms with Crippen LogP contribution in [0.25, 0.3) is 0 Å². The first kappa shape index (κ1) is 17.1. The topological polar surface area (TPSA) is 92.7 Å². The average Bonchev–Trinajstić information content (AvgIpc) is 2.71. The number of carboxylic acid groups (broad SMARTS) is 1. The van der Waals surface area contributed by atoms with Gasteiger partial charge in [0.25, 0.3) is 0 Å². The maximum Gasteiger partial charge on any atom is 0.347 e. The molecule has 1 heterocycles. The minimum absolute atomic E-state index is 0.114. The van der Waals surface area contributed by atoms with Crippen molar-refractivity contribution in [2.24, 2.45) is 5.92 Å². The zero-order valence-electron chi connectivity index (χ0n) is 11.7. The second-order valence-electron chi connectivity index (χ2n) is 4.75. The minimum Gasteiger partial charge on any atom is -0.477 e. The Morgan fingerprint density at radius 3 is 2.70 bits per heavy atom. The summed E-state index contributed by atoms with van der Waals surface area (Å²) in [5, 5.41) is 10.5. The molecule has 0 aliphatic heterocycles. The molecule has 6 nitrogen and oxygen atoms in total. The number of carbonyl (C=O) groups is 1. The van der Waals surface area contributed by atoms with Gasteiger partial charge in [0.05, 0.1) is 6.61 Å². The molecule has 2 N–H and O–H groups in total. The summed E-state index contributed by atoms with van der Waals surface area (Å²) in [6.45, 7) is 6.49. The number of sulfonamides is 1. The first-order chi connectivity index (χ1) is 9.25. The highest BCUT2D eigenvalue weighted by Crippen LogP contribution is 2.26. The van der Waals surface area contributed by atoms with Crippen molar-refractivity contribution in [2.45, 2.75) is 25.7 Å². The van der Waals surface area contributed by atoms with Gasteiger partial charge in [-0.05, 0) is 23.8 Å². The van der Waals surface area contributed by atoms with E-state index in [0.717, 1.165) is 11.3 Å². The van der Waals surface area contributed by atoms with Gasteiger partial charge in [0, 0.05) is 13.2 Å². The maximum atomic E-state index is 12.1. The predicted octanol–water partition coefficient (Wildman–Crippen LogP) is 1.71. The van der Waals surface area contributed by atoms with Crippen LogP contribution in [0.1, 0.15) is 29.1 Å².